The van der Waals surface area contributed by atoms with Gasteiger partial charge in [-0.2, -0.15) is 0 Å². The molecule has 0 spiro atoms. The highest BCUT2D eigenvalue weighted by molar-refractivity contribution is 6.00. The predicted molar refractivity (Wildman–Crippen MR) is 76.5 cm³/mol. The molecule has 1 aliphatic rings. The van der Waals surface area contributed by atoms with E-state index in [-0.39, 0.29) is 17.3 Å². The monoisotopic (exact) mass is 281 g/mol. The quantitative estimate of drug-likeness (QED) is 0.719. The number of nitrogens with one attached hydrogen (secondary N) is 1. The number of anilines is 2. The second-order valence-corrected chi connectivity index (χ2v) is 5.24. The average Bonchev–Trinajstić information content (AvgIpc) is 2.86. The number of carbonyl (C=O) groups is 1. The molecule has 110 valence electrons. The van der Waals surface area contributed by atoms with Gasteiger partial charge in [-0.1, -0.05) is 0 Å². The van der Waals surface area contributed by atoms with Crippen LogP contribution >= 0.6 is 0 Å². The second-order valence-electron chi connectivity index (χ2n) is 5.24. The topological polar surface area (TPSA) is 78.6 Å². The number of carboxylic acid groups (broad SMARTS) is 1. The molecule has 2 rings (SSSR count). The van der Waals surface area contributed by atoms with Crippen molar-refractivity contribution in [3.05, 3.63) is 23.5 Å². The fourth-order valence-corrected chi connectivity index (χ4v) is 2.61. The van der Waals surface area contributed by atoms with Gasteiger partial charge in [0.1, 0.15) is 11.4 Å². The van der Waals surface area contributed by atoms with Crippen molar-refractivity contribution in [2.24, 2.45) is 0 Å². The molecule has 1 fully saturated rings. The highest BCUT2D eigenvalue weighted by Crippen LogP contribution is 2.26. The molecule has 0 saturated carbocycles. The molecule has 0 aliphatic carbocycles. The molecular weight excluding hydrogens is 261 g/mol. The fourth-order valence-electron chi connectivity index (χ4n) is 2.61. The van der Waals surface area contributed by atoms with E-state index in [4.69, 9.17) is 5.73 Å². The first-order valence-electron chi connectivity index (χ1n) is 6.79. The Balaban J connectivity index is 2.11. The number of nitrogens with two attached hydrogens (primary N) is 1. The Morgan fingerprint density at radius 2 is 2.15 bits per heavy atom. The van der Waals surface area contributed by atoms with E-state index in [1.807, 2.05) is 6.92 Å². The summed E-state index contributed by atoms with van der Waals surface area (Å²) in [6.45, 7) is 4.95. The van der Waals surface area contributed by atoms with Gasteiger partial charge in [-0.05, 0) is 45.0 Å². The molecule has 0 radical (unpaired) electrons. The minimum Gasteiger partial charge on any atom is -0.478 e. The van der Waals surface area contributed by atoms with E-state index >= 15 is 0 Å². The molecule has 1 heterocycles. The van der Waals surface area contributed by atoms with Crippen LogP contribution in [-0.2, 0) is 0 Å². The number of hydrogen-bond donors (Lipinski definition) is 3. The summed E-state index contributed by atoms with van der Waals surface area (Å²) in [5, 5.41) is 12.3. The largest absolute Gasteiger partial charge is 0.478 e. The highest BCUT2D eigenvalue weighted by atomic mass is 19.1. The van der Waals surface area contributed by atoms with E-state index in [9.17, 15) is 14.3 Å². The lowest BCUT2D eigenvalue weighted by atomic mass is 10.1. The molecule has 1 atom stereocenters. The van der Waals surface area contributed by atoms with Crippen molar-refractivity contribution in [1.29, 1.82) is 0 Å². The Bertz CT molecular complexity index is 501. The smallest absolute Gasteiger partial charge is 0.340 e. The third kappa shape index (κ3) is 3.19. The van der Waals surface area contributed by atoms with Crippen molar-refractivity contribution in [1.82, 2.24) is 4.90 Å². The molecule has 1 unspecified atom stereocenters. The number of nitrogens with zero attached hydrogens (tertiary/aromatic N) is 1. The standard InChI is InChI=1S/C14H20FN3O2/c1-9(8-18-6-2-3-7-18)17-11-5-4-10(15)13(16)12(11)14(19)20/h4-5,9,17H,2-3,6-8,16H2,1H3,(H,19,20). The fraction of sp³-hybridized carbons (Fsp3) is 0.500. The summed E-state index contributed by atoms with van der Waals surface area (Å²) in [7, 11) is 0. The molecule has 1 aliphatic heterocycles. The first-order chi connectivity index (χ1) is 9.49. The molecule has 0 bridgehead atoms. The number of halogens is 1. The minimum absolute atomic E-state index is 0.0658. The summed E-state index contributed by atoms with van der Waals surface area (Å²) in [4.78, 5) is 13.5. The Hall–Kier alpha value is -1.82. The Kier molecular flexibility index (Phi) is 4.44. The van der Waals surface area contributed by atoms with Gasteiger partial charge in [-0.25, -0.2) is 9.18 Å². The van der Waals surface area contributed by atoms with Crippen LogP contribution in [0, 0.1) is 5.82 Å². The van der Waals surface area contributed by atoms with Crippen LogP contribution in [0.3, 0.4) is 0 Å². The SMILES string of the molecule is CC(CN1CCCC1)Nc1ccc(F)c(N)c1C(=O)O. The molecule has 20 heavy (non-hydrogen) atoms. The number of hydrogen-bond acceptors (Lipinski definition) is 4. The molecule has 1 saturated heterocycles. The lowest BCUT2D eigenvalue weighted by Gasteiger charge is -2.23. The molecule has 1 aromatic rings. The summed E-state index contributed by atoms with van der Waals surface area (Å²) < 4.78 is 13.4. The first-order valence-corrected chi connectivity index (χ1v) is 6.79. The third-order valence-electron chi connectivity index (χ3n) is 3.54. The van der Waals surface area contributed by atoms with Gasteiger partial charge in [-0.3, -0.25) is 0 Å². The van der Waals surface area contributed by atoms with Crippen molar-refractivity contribution in [2.45, 2.75) is 25.8 Å². The summed E-state index contributed by atoms with van der Waals surface area (Å²) >= 11 is 0. The third-order valence-corrected chi connectivity index (χ3v) is 3.54. The maximum atomic E-state index is 13.4. The van der Waals surface area contributed by atoms with Crippen LogP contribution in [0.2, 0.25) is 0 Å². The number of rotatable bonds is 5. The Morgan fingerprint density at radius 1 is 1.50 bits per heavy atom. The lowest BCUT2D eigenvalue weighted by Crippen LogP contribution is -2.33. The van der Waals surface area contributed by atoms with Crippen molar-refractivity contribution < 1.29 is 14.3 Å². The van der Waals surface area contributed by atoms with E-state index in [2.05, 4.69) is 10.2 Å². The molecule has 0 aromatic heterocycles. The van der Waals surface area contributed by atoms with Crippen LogP contribution in [0.25, 0.3) is 0 Å². The lowest BCUT2D eigenvalue weighted by molar-refractivity contribution is 0.0698. The van der Waals surface area contributed by atoms with Crippen LogP contribution < -0.4 is 11.1 Å². The number of likely N-dealkylation sites (tertiary alicyclic amines) is 1. The van der Waals surface area contributed by atoms with Crippen molar-refractivity contribution >= 4 is 17.3 Å². The van der Waals surface area contributed by atoms with E-state index in [1.54, 1.807) is 0 Å². The van der Waals surface area contributed by atoms with Crippen LogP contribution in [0.4, 0.5) is 15.8 Å². The van der Waals surface area contributed by atoms with Gasteiger partial charge in [0.05, 0.1) is 11.4 Å². The van der Waals surface area contributed by atoms with Crippen molar-refractivity contribution in [3.63, 3.8) is 0 Å². The van der Waals surface area contributed by atoms with Gasteiger partial charge in [0, 0.05) is 12.6 Å². The minimum atomic E-state index is -1.22. The normalized spacial score (nSPS) is 17.1. The maximum Gasteiger partial charge on any atom is 0.340 e. The van der Waals surface area contributed by atoms with Gasteiger partial charge in [-0.15, -0.1) is 0 Å². The number of nitrogen functional groups attached to an aromatic ring is 1. The van der Waals surface area contributed by atoms with Crippen LogP contribution in [0.15, 0.2) is 12.1 Å². The summed E-state index contributed by atoms with van der Waals surface area (Å²) in [5.74, 6) is -1.93. The Labute approximate surface area is 117 Å². The van der Waals surface area contributed by atoms with E-state index in [1.165, 1.54) is 25.0 Å². The average molecular weight is 281 g/mol. The zero-order chi connectivity index (χ0) is 14.7. The number of aromatic carboxylic acids is 1. The van der Waals surface area contributed by atoms with Crippen molar-refractivity contribution in [2.75, 3.05) is 30.7 Å². The highest BCUT2D eigenvalue weighted by Gasteiger charge is 2.20. The number of benzene rings is 1. The van der Waals surface area contributed by atoms with E-state index < -0.39 is 11.8 Å². The second kappa shape index (κ2) is 6.09. The zero-order valence-corrected chi connectivity index (χ0v) is 11.5. The summed E-state index contributed by atoms with van der Waals surface area (Å²) in [5.41, 5.74) is 5.36. The Morgan fingerprint density at radius 3 is 2.75 bits per heavy atom. The number of carboxylic acids is 1. The molecule has 4 N–H and O–H groups in total. The predicted octanol–water partition coefficient (Wildman–Crippen LogP) is 2.00. The zero-order valence-electron chi connectivity index (χ0n) is 11.5. The van der Waals surface area contributed by atoms with Gasteiger partial charge in [0.15, 0.2) is 0 Å². The van der Waals surface area contributed by atoms with Crippen LogP contribution in [-0.4, -0.2) is 41.7 Å². The van der Waals surface area contributed by atoms with Crippen LogP contribution in [0.1, 0.15) is 30.1 Å². The van der Waals surface area contributed by atoms with Gasteiger partial charge < -0.3 is 21.1 Å². The van der Waals surface area contributed by atoms with E-state index in [0.717, 1.165) is 19.6 Å². The van der Waals surface area contributed by atoms with Gasteiger partial charge >= 0.3 is 5.97 Å². The molecule has 1 aromatic carbocycles. The molecule has 5 nitrogen and oxygen atoms in total. The summed E-state index contributed by atoms with van der Waals surface area (Å²) in [6, 6.07) is 2.68. The van der Waals surface area contributed by atoms with Gasteiger partial charge in [0.2, 0.25) is 0 Å². The first kappa shape index (κ1) is 14.6. The van der Waals surface area contributed by atoms with E-state index in [0.29, 0.717) is 5.69 Å². The molecular formula is C14H20FN3O2. The van der Waals surface area contributed by atoms with Crippen LogP contribution in [0.5, 0.6) is 0 Å². The van der Waals surface area contributed by atoms with Gasteiger partial charge in [0.25, 0.3) is 0 Å². The summed E-state index contributed by atoms with van der Waals surface area (Å²) in [6.07, 6.45) is 2.41. The van der Waals surface area contributed by atoms with Crippen molar-refractivity contribution in [3.8, 4) is 0 Å². The maximum absolute atomic E-state index is 13.4. The molecule has 6 heteroatoms. The molecule has 0 amide bonds.